The van der Waals surface area contributed by atoms with Crippen molar-refractivity contribution in [1.29, 1.82) is 0 Å². The van der Waals surface area contributed by atoms with Gasteiger partial charge in [-0.2, -0.15) is 0 Å². The third-order valence-electron chi connectivity index (χ3n) is 7.60. The van der Waals surface area contributed by atoms with Gasteiger partial charge in [-0.3, -0.25) is 18.7 Å². The highest BCUT2D eigenvalue weighted by Crippen LogP contribution is 2.50. The van der Waals surface area contributed by atoms with Gasteiger partial charge in [0.2, 0.25) is 11.8 Å². The van der Waals surface area contributed by atoms with Gasteiger partial charge < -0.3 is 37.0 Å². The van der Waals surface area contributed by atoms with Crippen molar-refractivity contribution in [2.24, 2.45) is 17.4 Å². The molecule has 1 aliphatic carbocycles. The number of amides is 2. The highest BCUT2D eigenvalue weighted by molar-refractivity contribution is 7.53. The van der Waals surface area contributed by atoms with E-state index >= 15 is 0 Å². The van der Waals surface area contributed by atoms with Crippen molar-refractivity contribution in [3.63, 3.8) is 0 Å². The lowest BCUT2D eigenvalue weighted by Gasteiger charge is -2.30. The Bertz CT molecular complexity index is 897. The molecule has 0 aromatic heterocycles. The Balaban J connectivity index is 2.16. The fraction of sp³-hybridized carbons (Fsp3) is 0.852. The summed E-state index contributed by atoms with van der Waals surface area (Å²) in [7, 11) is -4.66. The molecule has 8 N–H and O–H groups in total. The Morgan fingerprint density at radius 3 is 2.20 bits per heavy atom. The quantitative estimate of drug-likeness (QED) is 0.0508. The van der Waals surface area contributed by atoms with Gasteiger partial charge in [0.05, 0.1) is 0 Å². The van der Waals surface area contributed by atoms with Gasteiger partial charge in [0, 0.05) is 5.92 Å². The molecule has 0 radical (unpaired) electrons. The van der Waals surface area contributed by atoms with Gasteiger partial charge in [-0.25, -0.2) is 9.59 Å². The lowest BCUT2D eigenvalue weighted by atomic mass is 9.84. The number of nitrogens with two attached hydrogens (primary N) is 2. The topological polar surface area (TPSA) is 212 Å². The maximum absolute atomic E-state index is 13.6. The van der Waals surface area contributed by atoms with E-state index in [0.717, 1.165) is 25.7 Å². The summed E-state index contributed by atoms with van der Waals surface area (Å²) in [5, 5.41) is 8.37. The van der Waals surface area contributed by atoms with Gasteiger partial charge in [-0.15, -0.1) is 0 Å². The molecule has 2 rings (SSSR count). The second-order valence-electron chi connectivity index (χ2n) is 11.0. The number of esters is 2. The Morgan fingerprint density at radius 2 is 1.63 bits per heavy atom. The maximum Gasteiger partial charge on any atom is 0.351 e. The highest BCUT2D eigenvalue weighted by Gasteiger charge is 2.41. The first-order valence-electron chi connectivity index (χ1n) is 15.1. The van der Waals surface area contributed by atoms with Crippen LogP contribution in [0.4, 0.5) is 0 Å². The van der Waals surface area contributed by atoms with Crippen LogP contribution in [-0.2, 0) is 33.0 Å². The van der Waals surface area contributed by atoms with Crippen LogP contribution in [0.25, 0.3) is 0 Å². The SMILES string of the molecule is CCCCC(NC(=O)C(CCCCN)NC(=O)C1CCC1)P(=O)(O)OC(CCCCN)C(=O)OC(=O)[C@@H]1CCCN1. The van der Waals surface area contributed by atoms with E-state index in [-0.39, 0.29) is 24.7 Å². The first-order valence-corrected chi connectivity index (χ1v) is 16.8. The van der Waals surface area contributed by atoms with Gasteiger partial charge >= 0.3 is 19.5 Å². The monoisotopic (exact) mass is 603 g/mol. The van der Waals surface area contributed by atoms with E-state index in [9.17, 15) is 28.6 Å². The minimum absolute atomic E-state index is 0.0135. The molecule has 13 nitrogen and oxygen atoms in total. The van der Waals surface area contributed by atoms with E-state index in [2.05, 4.69) is 16.0 Å². The standard InChI is InChI=1S/C27H50N5O8P/c1-2-3-15-23(32-25(34)20(12-4-6-16-28)31-24(33)19-10-8-11-19)41(37,38)40-22(14-5-7-17-29)27(36)39-26(35)21-13-9-18-30-21/h19-23,30H,2-18,28-29H2,1H3,(H,31,33)(H,32,34)(H,37,38)/t20?,21-,22?,23?/m0/s1. The van der Waals surface area contributed by atoms with Crippen LogP contribution in [0.2, 0.25) is 0 Å². The summed E-state index contributed by atoms with van der Waals surface area (Å²) >= 11 is 0. The fourth-order valence-electron chi connectivity index (χ4n) is 4.77. The van der Waals surface area contributed by atoms with E-state index in [1.165, 1.54) is 0 Å². The van der Waals surface area contributed by atoms with Crippen LogP contribution < -0.4 is 27.4 Å². The molecular formula is C27H50N5O8P. The van der Waals surface area contributed by atoms with Crippen molar-refractivity contribution in [2.75, 3.05) is 19.6 Å². The number of ether oxygens (including phenoxy) is 1. The molecule has 4 unspecified atom stereocenters. The number of hydrogen-bond donors (Lipinski definition) is 6. The molecule has 5 atom stereocenters. The van der Waals surface area contributed by atoms with E-state index < -0.39 is 49.4 Å². The van der Waals surface area contributed by atoms with E-state index in [1.807, 2.05) is 6.92 Å². The summed E-state index contributed by atoms with van der Waals surface area (Å²) in [6.07, 6.45) is 6.09. The van der Waals surface area contributed by atoms with Crippen LogP contribution in [-0.4, -0.2) is 72.3 Å². The van der Waals surface area contributed by atoms with Gasteiger partial charge in [-0.1, -0.05) is 26.2 Å². The minimum atomic E-state index is -4.66. The van der Waals surface area contributed by atoms with Crippen LogP contribution in [0, 0.1) is 5.92 Å². The summed E-state index contributed by atoms with van der Waals surface area (Å²) < 4.78 is 24.1. The van der Waals surface area contributed by atoms with E-state index in [4.69, 9.17) is 20.7 Å². The van der Waals surface area contributed by atoms with Crippen LogP contribution in [0.15, 0.2) is 0 Å². The number of hydrogen-bond acceptors (Lipinski definition) is 10. The highest BCUT2D eigenvalue weighted by atomic mass is 31.2. The third-order valence-corrected chi connectivity index (χ3v) is 9.33. The molecule has 0 spiro atoms. The molecule has 0 aromatic rings. The van der Waals surface area contributed by atoms with E-state index in [0.29, 0.717) is 71.0 Å². The number of carbonyl (C=O) groups excluding carboxylic acids is 4. The molecule has 236 valence electrons. The van der Waals surface area contributed by atoms with Gasteiger partial charge in [0.1, 0.15) is 17.9 Å². The zero-order valence-corrected chi connectivity index (χ0v) is 25.2. The van der Waals surface area contributed by atoms with Crippen molar-refractivity contribution in [3.8, 4) is 0 Å². The Kier molecular flexibility index (Phi) is 16.0. The first kappa shape index (κ1) is 35.3. The lowest BCUT2D eigenvalue weighted by Crippen LogP contribution is -2.51. The van der Waals surface area contributed by atoms with E-state index in [1.54, 1.807) is 0 Å². The summed E-state index contributed by atoms with van der Waals surface area (Å²) in [4.78, 5) is 62.4. The number of unbranched alkanes of at least 4 members (excludes halogenated alkanes) is 3. The normalized spacial score (nSPS) is 20.7. The van der Waals surface area contributed by atoms with Gasteiger partial charge in [0.25, 0.3) is 0 Å². The number of rotatable bonds is 20. The predicted molar refractivity (Wildman–Crippen MR) is 153 cm³/mol. The van der Waals surface area contributed by atoms with Crippen LogP contribution in [0.1, 0.15) is 96.8 Å². The third kappa shape index (κ3) is 12.1. The molecule has 1 saturated heterocycles. The Labute approximate surface area is 243 Å². The molecule has 1 aliphatic heterocycles. The molecule has 0 bridgehead atoms. The molecule has 2 aliphatic rings. The average molecular weight is 604 g/mol. The molecule has 2 fully saturated rings. The largest absolute Gasteiger partial charge is 0.390 e. The molecule has 0 aromatic carbocycles. The summed E-state index contributed by atoms with van der Waals surface area (Å²) in [5.74, 6) is -4.08. The average Bonchev–Trinajstić information content (AvgIpc) is 3.44. The zero-order chi connectivity index (χ0) is 30.3. The van der Waals surface area contributed by atoms with Crippen LogP contribution >= 0.6 is 7.60 Å². The fourth-order valence-corrected chi connectivity index (χ4v) is 6.27. The minimum Gasteiger partial charge on any atom is -0.390 e. The Morgan fingerprint density at radius 1 is 0.951 bits per heavy atom. The molecule has 14 heteroatoms. The van der Waals surface area contributed by atoms with Gasteiger partial charge in [0.15, 0.2) is 6.10 Å². The molecule has 41 heavy (non-hydrogen) atoms. The van der Waals surface area contributed by atoms with Gasteiger partial charge in [-0.05, 0) is 90.3 Å². The summed E-state index contributed by atoms with van der Waals surface area (Å²) in [6, 6.07) is -1.52. The van der Waals surface area contributed by atoms with Crippen molar-refractivity contribution >= 4 is 31.3 Å². The van der Waals surface area contributed by atoms with Crippen LogP contribution in [0.3, 0.4) is 0 Å². The molecular weight excluding hydrogens is 553 g/mol. The smallest absolute Gasteiger partial charge is 0.351 e. The number of carbonyl (C=O) groups is 4. The lowest BCUT2D eigenvalue weighted by molar-refractivity contribution is -0.166. The van der Waals surface area contributed by atoms with Crippen molar-refractivity contribution in [1.82, 2.24) is 16.0 Å². The van der Waals surface area contributed by atoms with Crippen molar-refractivity contribution in [2.45, 2.75) is 121 Å². The zero-order valence-electron chi connectivity index (χ0n) is 24.3. The summed E-state index contributed by atoms with van der Waals surface area (Å²) in [6.45, 7) is 3.30. The molecule has 2 amide bonds. The second-order valence-corrected chi connectivity index (χ2v) is 12.9. The molecule has 1 heterocycles. The first-order chi connectivity index (χ1) is 19.6. The second kappa shape index (κ2) is 18.6. The maximum atomic E-state index is 13.6. The number of nitrogens with one attached hydrogen (secondary N) is 3. The van der Waals surface area contributed by atoms with Crippen LogP contribution in [0.5, 0.6) is 0 Å². The predicted octanol–water partition coefficient (Wildman–Crippen LogP) is 1.55. The summed E-state index contributed by atoms with van der Waals surface area (Å²) in [5.41, 5.74) is 11.2. The Hall–Kier alpha value is -1.89. The van der Waals surface area contributed by atoms with Crippen molar-refractivity contribution < 1.29 is 37.9 Å². The van der Waals surface area contributed by atoms with Crippen molar-refractivity contribution in [3.05, 3.63) is 0 Å². The molecule has 1 saturated carbocycles.